The number of rotatable bonds is 8. The average Bonchev–Trinajstić information content (AvgIpc) is 3.39. The summed E-state index contributed by atoms with van der Waals surface area (Å²) < 4.78 is 0.708. The van der Waals surface area contributed by atoms with Crippen molar-refractivity contribution in [2.45, 2.75) is 31.4 Å². The maximum Gasteiger partial charge on any atom is 0.226 e. The predicted molar refractivity (Wildman–Crippen MR) is 103 cm³/mol. The van der Waals surface area contributed by atoms with Crippen molar-refractivity contribution in [3.63, 3.8) is 0 Å². The third kappa shape index (κ3) is 4.32. The summed E-state index contributed by atoms with van der Waals surface area (Å²) in [7, 11) is 0. The van der Waals surface area contributed by atoms with Gasteiger partial charge in [0, 0.05) is 11.4 Å². The molecule has 1 saturated carbocycles. The highest BCUT2D eigenvalue weighted by atomic mass is 35.5. The first kappa shape index (κ1) is 18.2. The van der Waals surface area contributed by atoms with E-state index in [-0.39, 0.29) is 18.2 Å². The Labute approximate surface area is 157 Å². The van der Waals surface area contributed by atoms with Gasteiger partial charge < -0.3 is 10.0 Å². The van der Waals surface area contributed by atoms with E-state index in [2.05, 4.69) is 6.58 Å². The van der Waals surface area contributed by atoms with Crippen molar-refractivity contribution in [2.75, 3.05) is 6.54 Å². The van der Waals surface area contributed by atoms with E-state index >= 15 is 0 Å². The van der Waals surface area contributed by atoms with Gasteiger partial charge in [-0.05, 0) is 36.5 Å². The minimum absolute atomic E-state index is 0.0670. The Morgan fingerprint density at radius 3 is 2.60 bits per heavy atom. The maximum absolute atomic E-state index is 13.0. The molecule has 3 rings (SSSR count). The number of nitrogens with zero attached hydrogens (tertiary/aromatic N) is 1. The lowest BCUT2D eigenvalue weighted by Gasteiger charge is -2.31. The molecule has 1 fully saturated rings. The predicted octanol–water partition coefficient (Wildman–Crippen LogP) is 4.60. The molecule has 1 aliphatic carbocycles. The van der Waals surface area contributed by atoms with E-state index < -0.39 is 5.60 Å². The minimum Gasteiger partial charge on any atom is -0.384 e. The fourth-order valence-electron chi connectivity index (χ4n) is 3.15. The molecule has 5 heteroatoms. The summed E-state index contributed by atoms with van der Waals surface area (Å²) in [6, 6.07) is 13.3. The summed E-state index contributed by atoms with van der Waals surface area (Å²) in [5.41, 5.74) is -0.270. The van der Waals surface area contributed by atoms with Crippen LogP contribution in [-0.2, 0) is 16.9 Å². The number of hydrogen-bond acceptors (Lipinski definition) is 3. The summed E-state index contributed by atoms with van der Waals surface area (Å²) in [5.74, 6) is 0.0864. The van der Waals surface area contributed by atoms with Crippen LogP contribution in [0.2, 0.25) is 4.34 Å². The zero-order valence-electron chi connectivity index (χ0n) is 14.0. The van der Waals surface area contributed by atoms with Crippen molar-refractivity contribution in [1.82, 2.24) is 4.90 Å². The summed E-state index contributed by atoms with van der Waals surface area (Å²) >= 11 is 7.46. The molecule has 1 heterocycles. The molecule has 1 aliphatic rings. The fourth-order valence-corrected chi connectivity index (χ4v) is 4.25. The molecule has 2 aromatic rings. The second kappa shape index (κ2) is 7.73. The molecular weight excluding hydrogens is 354 g/mol. The van der Waals surface area contributed by atoms with Crippen LogP contribution in [0.4, 0.5) is 0 Å². The van der Waals surface area contributed by atoms with Crippen LogP contribution in [0.1, 0.15) is 29.7 Å². The van der Waals surface area contributed by atoms with Crippen LogP contribution in [0.15, 0.2) is 55.1 Å². The molecule has 0 bridgehead atoms. The van der Waals surface area contributed by atoms with Crippen molar-refractivity contribution >= 4 is 28.8 Å². The second-order valence-corrected chi connectivity index (χ2v) is 8.31. The van der Waals surface area contributed by atoms with Gasteiger partial charge in [-0.3, -0.25) is 4.79 Å². The van der Waals surface area contributed by atoms with Crippen LogP contribution in [0.5, 0.6) is 0 Å². The van der Waals surface area contributed by atoms with Gasteiger partial charge in [0.05, 0.1) is 17.3 Å². The molecule has 0 radical (unpaired) electrons. The first-order chi connectivity index (χ1) is 12.0. The number of amides is 1. The van der Waals surface area contributed by atoms with Gasteiger partial charge in [0.1, 0.15) is 5.60 Å². The number of hydrogen-bond donors (Lipinski definition) is 1. The maximum atomic E-state index is 13.0. The normalized spacial score (nSPS) is 16.2. The molecule has 25 heavy (non-hydrogen) atoms. The second-order valence-electron chi connectivity index (χ2n) is 6.51. The van der Waals surface area contributed by atoms with Crippen molar-refractivity contribution < 1.29 is 9.90 Å². The van der Waals surface area contributed by atoms with Gasteiger partial charge in [-0.25, -0.2) is 0 Å². The summed E-state index contributed by atoms with van der Waals surface area (Å²) in [4.78, 5) is 15.7. The van der Waals surface area contributed by atoms with Crippen LogP contribution in [0.25, 0.3) is 0 Å². The topological polar surface area (TPSA) is 40.5 Å². The molecule has 1 aromatic heterocycles. The number of carbonyl (C=O) groups excluding carboxylic acids is 1. The molecule has 0 unspecified atom stereocenters. The summed E-state index contributed by atoms with van der Waals surface area (Å²) in [6.07, 6.45) is 3.72. The SMILES string of the molecule is C=CCN(Cc1ccc(Cl)s1)C(=O)C[C@](O)(c1ccccc1)C1CC1. The van der Waals surface area contributed by atoms with E-state index in [0.717, 1.165) is 23.3 Å². The molecule has 132 valence electrons. The molecule has 1 atom stereocenters. The number of benzene rings is 1. The molecule has 0 saturated heterocycles. The largest absolute Gasteiger partial charge is 0.384 e. The number of halogens is 1. The highest BCUT2D eigenvalue weighted by molar-refractivity contribution is 7.16. The Bertz CT molecular complexity index is 741. The van der Waals surface area contributed by atoms with Gasteiger partial charge >= 0.3 is 0 Å². The van der Waals surface area contributed by atoms with E-state index in [1.807, 2.05) is 42.5 Å². The molecular formula is C20H22ClNO2S. The quantitative estimate of drug-likeness (QED) is 0.685. The van der Waals surface area contributed by atoms with Gasteiger partial charge in [0.25, 0.3) is 0 Å². The number of carbonyl (C=O) groups is 1. The molecule has 1 N–H and O–H groups in total. The first-order valence-electron chi connectivity index (χ1n) is 8.43. The minimum atomic E-state index is -1.09. The molecule has 0 aliphatic heterocycles. The van der Waals surface area contributed by atoms with Crippen molar-refractivity contribution in [1.29, 1.82) is 0 Å². The summed E-state index contributed by atoms with van der Waals surface area (Å²) in [5, 5.41) is 11.3. The number of thiophene rings is 1. The standard InChI is InChI=1S/C20H22ClNO2S/c1-2-12-22(14-17-10-11-18(21)25-17)19(23)13-20(24,16-8-9-16)15-6-4-3-5-7-15/h2-7,10-11,16,24H,1,8-9,12-14H2/t20-/m0/s1. The Balaban J connectivity index is 1.77. The highest BCUT2D eigenvalue weighted by Gasteiger charge is 2.46. The average molecular weight is 376 g/mol. The molecule has 1 amide bonds. The van der Waals surface area contributed by atoms with E-state index in [0.29, 0.717) is 17.4 Å². The van der Waals surface area contributed by atoms with Crippen molar-refractivity contribution in [3.05, 3.63) is 69.9 Å². The van der Waals surface area contributed by atoms with Crippen molar-refractivity contribution in [2.24, 2.45) is 5.92 Å². The lowest BCUT2D eigenvalue weighted by Crippen LogP contribution is -2.39. The van der Waals surface area contributed by atoms with E-state index in [9.17, 15) is 9.90 Å². The molecule has 0 spiro atoms. The Morgan fingerprint density at radius 1 is 1.32 bits per heavy atom. The zero-order chi connectivity index (χ0) is 17.9. The van der Waals surface area contributed by atoms with Gasteiger partial charge in [-0.2, -0.15) is 0 Å². The van der Waals surface area contributed by atoms with Crippen LogP contribution in [-0.4, -0.2) is 22.5 Å². The van der Waals surface area contributed by atoms with Gasteiger partial charge in [0.15, 0.2) is 0 Å². The Morgan fingerprint density at radius 2 is 2.04 bits per heavy atom. The van der Waals surface area contributed by atoms with E-state index in [1.165, 1.54) is 11.3 Å². The third-order valence-corrected chi connectivity index (χ3v) is 5.84. The smallest absolute Gasteiger partial charge is 0.226 e. The highest BCUT2D eigenvalue weighted by Crippen LogP contribution is 2.48. The van der Waals surface area contributed by atoms with E-state index in [4.69, 9.17) is 11.6 Å². The van der Waals surface area contributed by atoms with Gasteiger partial charge in [0.2, 0.25) is 5.91 Å². The van der Waals surface area contributed by atoms with Crippen LogP contribution < -0.4 is 0 Å². The van der Waals surface area contributed by atoms with Gasteiger partial charge in [-0.1, -0.05) is 48.0 Å². The third-order valence-electron chi connectivity index (χ3n) is 4.62. The first-order valence-corrected chi connectivity index (χ1v) is 9.63. The molecule has 3 nitrogen and oxygen atoms in total. The van der Waals surface area contributed by atoms with Crippen LogP contribution in [0, 0.1) is 5.92 Å². The van der Waals surface area contributed by atoms with E-state index in [1.54, 1.807) is 11.0 Å². The molecule has 1 aromatic carbocycles. The zero-order valence-corrected chi connectivity index (χ0v) is 15.6. The Kier molecular flexibility index (Phi) is 5.62. The van der Waals surface area contributed by atoms with Gasteiger partial charge in [-0.15, -0.1) is 17.9 Å². The summed E-state index contributed by atoms with van der Waals surface area (Å²) in [6.45, 7) is 4.68. The lowest BCUT2D eigenvalue weighted by molar-refractivity contribution is -0.138. The number of aliphatic hydroxyl groups is 1. The van der Waals surface area contributed by atoms with Crippen LogP contribution in [0.3, 0.4) is 0 Å². The lowest BCUT2D eigenvalue weighted by atomic mass is 9.85. The van der Waals surface area contributed by atoms with Crippen molar-refractivity contribution in [3.8, 4) is 0 Å². The fraction of sp³-hybridized carbons (Fsp3) is 0.350. The monoisotopic (exact) mass is 375 g/mol. The van der Waals surface area contributed by atoms with Crippen LogP contribution >= 0.6 is 22.9 Å². The Hall–Kier alpha value is -1.62.